The van der Waals surface area contributed by atoms with Gasteiger partial charge >= 0.3 is 0 Å². The maximum Gasteiger partial charge on any atom is 0.122 e. The average molecular weight is 269 g/mol. The number of benzene rings is 2. The molecule has 0 bridgehead atoms. The third kappa shape index (κ3) is 3.02. The molecule has 0 heterocycles. The molecule has 0 spiro atoms. The smallest absolute Gasteiger partial charge is 0.122 e. The second-order valence-electron chi connectivity index (χ2n) is 5.43. The molecule has 2 aromatic rings. The molecule has 0 aliphatic rings. The van der Waals surface area contributed by atoms with E-state index >= 15 is 0 Å². The largest absolute Gasteiger partial charge is 0.496 e. The summed E-state index contributed by atoms with van der Waals surface area (Å²) in [5.74, 6) is 0.914. The third-order valence-electron chi connectivity index (χ3n) is 3.79. The van der Waals surface area contributed by atoms with Gasteiger partial charge in [0.1, 0.15) is 5.75 Å². The molecular weight excluding hydrogens is 246 g/mol. The number of hydrogen-bond acceptors (Lipinski definition) is 2. The average Bonchev–Trinajstić information content (AvgIpc) is 2.38. The molecule has 2 nitrogen and oxygen atoms in total. The van der Waals surface area contributed by atoms with Crippen molar-refractivity contribution in [3.8, 4) is 5.75 Å². The Morgan fingerprint density at radius 2 is 1.70 bits per heavy atom. The van der Waals surface area contributed by atoms with E-state index in [0.717, 1.165) is 12.2 Å². The van der Waals surface area contributed by atoms with Crippen molar-refractivity contribution >= 4 is 0 Å². The first-order valence-corrected chi connectivity index (χ1v) is 6.98. The zero-order valence-corrected chi connectivity index (χ0v) is 12.7. The second-order valence-corrected chi connectivity index (χ2v) is 5.43. The van der Waals surface area contributed by atoms with E-state index in [1.54, 1.807) is 7.11 Å². The number of aryl methyl sites for hydroxylation is 3. The van der Waals surface area contributed by atoms with Gasteiger partial charge in [-0.05, 0) is 55.5 Å². The molecule has 0 saturated heterocycles. The van der Waals surface area contributed by atoms with Crippen molar-refractivity contribution < 1.29 is 4.74 Å². The molecule has 2 aromatic carbocycles. The van der Waals surface area contributed by atoms with Crippen LogP contribution in [-0.4, -0.2) is 7.11 Å². The molecule has 0 saturated carbocycles. The van der Waals surface area contributed by atoms with Crippen molar-refractivity contribution in [2.75, 3.05) is 7.11 Å². The van der Waals surface area contributed by atoms with E-state index in [-0.39, 0.29) is 6.04 Å². The normalized spacial score (nSPS) is 12.2. The predicted molar refractivity (Wildman–Crippen MR) is 84.3 cm³/mol. The molecule has 0 aromatic heterocycles. The molecule has 2 rings (SSSR count). The maximum atomic E-state index is 6.45. The van der Waals surface area contributed by atoms with Crippen LogP contribution in [-0.2, 0) is 6.42 Å². The molecule has 106 valence electrons. The summed E-state index contributed by atoms with van der Waals surface area (Å²) in [5.41, 5.74) is 12.6. The van der Waals surface area contributed by atoms with Gasteiger partial charge in [-0.1, -0.05) is 35.9 Å². The molecule has 0 radical (unpaired) electrons. The highest BCUT2D eigenvalue weighted by atomic mass is 16.5. The van der Waals surface area contributed by atoms with Crippen molar-refractivity contribution in [3.05, 3.63) is 64.2 Å². The van der Waals surface area contributed by atoms with E-state index in [1.165, 1.54) is 27.8 Å². The van der Waals surface area contributed by atoms with Crippen molar-refractivity contribution in [1.29, 1.82) is 0 Å². The molecule has 0 fully saturated rings. The van der Waals surface area contributed by atoms with E-state index in [4.69, 9.17) is 10.5 Å². The summed E-state index contributed by atoms with van der Waals surface area (Å²) in [4.78, 5) is 0. The molecule has 0 aliphatic carbocycles. The van der Waals surface area contributed by atoms with Gasteiger partial charge < -0.3 is 10.5 Å². The standard InChI is InChI=1S/C18H23NO/c1-12-8-9-17(20-4)15(10-12)11-16(19)18-13(2)6-5-7-14(18)3/h5-10,16H,11,19H2,1-4H3. The molecule has 20 heavy (non-hydrogen) atoms. The van der Waals surface area contributed by atoms with Crippen LogP contribution < -0.4 is 10.5 Å². The summed E-state index contributed by atoms with van der Waals surface area (Å²) >= 11 is 0. The first kappa shape index (κ1) is 14.6. The van der Waals surface area contributed by atoms with Gasteiger partial charge in [0, 0.05) is 6.04 Å². The quantitative estimate of drug-likeness (QED) is 0.914. The van der Waals surface area contributed by atoms with Gasteiger partial charge in [-0.3, -0.25) is 0 Å². The van der Waals surface area contributed by atoms with Crippen LogP contribution in [0, 0.1) is 20.8 Å². The molecule has 0 amide bonds. The Morgan fingerprint density at radius 1 is 1.05 bits per heavy atom. The number of nitrogens with two attached hydrogens (primary N) is 1. The van der Waals surface area contributed by atoms with Crippen LogP contribution in [0.2, 0.25) is 0 Å². The van der Waals surface area contributed by atoms with Crippen LogP contribution in [0.3, 0.4) is 0 Å². The minimum atomic E-state index is -0.00750. The van der Waals surface area contributed by atoms with Crippen molar-refractivity contribution in [1.82, 2.24) is 0 Å². The maximum absolute atomic E-state index is 6.45. The molecular formula is C18H23NO. The lowest BCUT2D eigenvalue weighted by atomic mass is 9.92. The predicted octanol–water partition coefficient (Wildman–Crippen LogP) is 3.86. The van der Waals surface area contributed by atoms with Gasteiger partial charge in [-0.2, -0.15) is 0 Å². The highest BCUT2D eigenvalue weighted by molar-refractivity contribution is 5.41. The van der Waals surface area contributed by atoms with Gasteiger partial charge in [-0.25, -0.2) is 0 Å². The highest BCUT2D eigenvalue weighted by Crippen LogP contribution is 2.27. The Balaban J connectivity index is 2.32. The second kappa shape index (κ2) is 6.10. The van der Waals surface area contributed by atoms with Crippen LogP contribution in [0.5, 0.6) is 5.75 Å². The van der Waals surface area contributed by atoms with E-state index in [2.05, 4.69) is 51.1 Å². The van der Waals surface area contributed by atoms with E-state index in [9.17, 15) is 0 Å². The Labute approximate surface area is 121 Å². The molecule has 1 atom stereocenters. The van der Waals surface area contributed by atoms with E-state index in [1.807, 2.05) is 6.07 Å². The summed E-state index contributed by atoms with van der Waals surface area (Å²) in [6.07, 6.45) is 0.788. The minimum absolute atomic E-state index is 0.00750. The molecule has 1 unspecified atom stereocenters. The lowest BCUT2D eigenvalue weighted by Crippen LogP contribution is -2.16. The van der Waals surface area contributed by atoms with Crippen LogP contribution >= 0.6 is 0 Å². The van der Waals surface area contributed by atoms with E-state index < -0.39 is 0 Å². The van der Waals surface area contributed by atoms with Crippen molar-refractivity contribution in [2.45, 2.75) is 33.2 Å². The highest BCUT2D eigenvalue weighted by Gasteiger charge is 2.14. The molecule has 2 N–H and O–H groups in total. The molecule has 2 heteroatoms. The van der Waals surface area contributed by atoms with Crippen LogP contribution in [0.4, 0.5) is 0 Å². The minimum Gasteiger partial charge on any atom is -0.496 e. The van der Waals surface area contributed by atoms with Crippen molar-refractivity contribution in [3.63, 3.8) is 0 Å². The Kier molecular flexibility index (Phi) is 4.46. The Hall–Kier alpha value is -1.80. The first-order chi connectivity index (χ1) is 9.52. The number of hydrogen-bond donors (Lipinski definition) is 1. The lowest BCUT2D eigenvalue weighted by Gasteiger charge is -2.19. The summed E-state index contributed by atoms with van der Waals surface area (Å²) in [6, 6.07) is 12.5. The Bertz CT molecular complexity index is 584. The van der Waals surface area contributed by atoms with Gasteiger partial charge in [0.2, 0.25) is 0 Å². The third-order valence-corrected chi connectivity index (χ3v) is 3.79. The number of methoxy groups -OCH3 is 1. The van der Waals surface area contributed by atoms with Gasteiger partial charge in [0.25, 0.3) is 0 Å². The summed E-state index contributed by atoms with van der Waals surface area (Å²) in [5, 5.41) is 0. The number of rotatable bonds is 4. The summed E-state index contributed by atoms with van der Waals surface area (Å²) in [6.45, 7) is 6.33. The number of ether oxygens (including phenoxy) is 1. The van der Waals surface area contributed by atoms with Crippen LogP contribution in [0.1, 0.15) is 33.9 Å². The zero-order valence-electron chi connectivity index (χ0n) is 12.7. The first-order valence-electron chi connectivity index (χ1n) is 6.98. The van der Waals surface area contributed by atoms with Gasteiger partial charge in [0.05, 0.1) is 7.11 Å². The van der Waals surface area contributed by atoms with Gasteiger partial charge in [-0.15, -0.1) is 0 Å². The summed E-state index contributed by atoms with van der Waals surface area (Å²) < 4.78 is 5.44. The van der Waals surface area contributed by atoms with Crippen LogP contribution in [0.15, 0.2) is 36.4 Å². The monoisotopic (exact) mass is 269 g/mol. The fourth-order valence-electron chi connectivity index (χ4n) is 2.82. The lowest BCUT2D eigenvalue weighted by molar-refractivity contribution is 0.408. The fraction of sp³-hybridized carbons (Fsp3) is 0.333. The SMILES string of the molecule is COc1ccc(C)cc1CC(N)c1c(C)cccc1C. The Morgan fingerprint density at radius 3 is 2.30 bits per heavy atom. The van der Waals surface area contributed by atoms with Crippen molar-refractivity contribution in [2.24, 2.45) is 5.73 Å². The topological polar surface area (TPSA) is 35.2 Å². The van der Waals surface area contributed by atoms with E-state index in [0.29, 0.717) is 0 Å². The molecule has 0 aliphatic heterocycles. The zero-order chi connectivity index (χ0) is 14.7. The van der Waals surface area contributed by atoms with Crippen LogP contribution in [0.25, 0.3) is 0 Å². The fourth-order valence-corrected chi connectivity index (χ4v) is 2.82. The summed E-state index contributed by atoms with van der Waals surface area (Å²) in [7, 11) is 1.71. The van der Waals surface area contributed by atoms with Gasteiger partial charge in [0.15, 0.2) is 0 Å².